The molecule has 0 aromatic rings. The van der Waals surface area contributed by atoms with Crippen LogP contribution in [0.3, 0.4) is 0 Å². The highest BCUT2D eigenvalue weighted by Crippen LogP contribution is 2.02. The van der Waals surface area contributed by atoms with Crippen molar-refractivity contribution >= 4 is 11.9 Å². The van der Waals surface area contributed by atoms with E-state index in [2.05, 4.69) is 29.0 Å². The van der Waals surface area contributed by atoms with E-state index in [0.717, 1.165) is 32.4 Å². The number of hydrogen-bond donors (Lipinski definition) is 1. The zero-order valence-corrected chi connectivity index (χ0v) is 13.2. The summed E-state index contributed by atoms with van der Waals surface area (Å²) >= 11 is 0. The summed E-state index contributed by atoms with van der Waals surface area (Å²) in [4.78, 5) is 24.6. The molecule has 0 radical (unpaired) electrons. The number of carbonyl (C=O) groups is 2. The van der Waals surface area contributed by atoms with E-state index >= 15 is 0 Å². The Kier molecular flexibility index (Phi) is 12.2. The van der Waals surface area contributed by atoms with Gasteiger partial charge in [0.05, 0.1) is 7.11 Å². The number of ether oxygens (including phenoxy) is 1. The van der Waals surface area contributed by atoms with Gasteiger partial charge in [-0.2, -0.15) is 0 Å². The smallest absolute Gasteiger partial charge is 0.305 e. The van der Waals surface area contributed by atoms with Gasteiger partial charge in [0.2, 0.25) is 5.91 Å². The van der Waals surface area contributed by atoms with Crippen molar-refractivity contribution in [1.29, 1.82) is 0 Å². The van der Waals surface area contributed by atoms with Gasteiger partial charge in [0.1, 0.15) is 0 Å². The lowest BCUT2D eigenvalue weighted by molar-refractivity contribution is -0.140. The second kappa shape index (κ2) is 12.9. The van der Waals surface area contributed by atoms with Crippen LogP contribution < -0.4 is 5.32 Å². The predicted molar refractivity (Wildman–Crippen MR) is 80.5 cm³/mol. The lowest BCUT2D eigenvalue weighted by Gasteiger charge is -2.09. The second-order valence-corrected chi connectivity index (χ2v) is 5.35. The van der Waals surface area contributed by atoms with E-state index in [1.807, 2.05) is 0 Å². The van der Waals surface area contributed by atoms with Crippen LogP contribution in [0.5, 0.6) is 0 Å². The number of nitrogens with one attached hydrogen (secondary N) is 1. The molecular formula is C15H30N2O3. The van der Waals surface area contributed by atoms with Gasteiger partial charge in [-0.05, 0) is 46.3 Å². The van der Waals surface area contributed by atoms with Crippen molar-refractivity contribution in [1.82, 2.24) is 10.2 Å². The van der Waals surface area contributed by atoms with Gasteiger partial charge >= 0.3 is 5.97 Å². The standard InChI is InChI=1S/C15H30N2O3/c1-17(2)13-9-5-4-8-12-16-14(18)10-6-7-11-15(19)20-3/h4-13H2,1-3H3,(H,16,18). The maximum atomic E-state index is 11.5. The summed E-state index contributed by atoms with van der Waals surface area (Å²) < 4.78 is 4.54. The first kappa shape index (κ1) is 18.9. The van der Waals surface area contributed by atoms with Crippen LogP contribution in [0.25, 0.3) is 0 Å². The Bertz CT molecular complexity index is 268. The normalized spacial score (nSPS) is 10.6. The molecule has 0 aliphatic rings. The van der Waals surface area contributed by atoms with Gasteiger partial charge in [-0.25, -0.2) is 0 Å². The average molecular weight is 286 g/mol. The number of methoxy groups -OCH3 is 1. The molecule has 0 aliphatic heterocycles. The van der Waals surface area contributed by atoms with Gasteiger partial charge in [-0.15, -0.1) is 0 Å². The maximum Gasteiger partial charge on any atom is 0.305 e. The first-order valence-corrected chi connectivity index (χ1v) is 7.54. The van der Waals surface area contributed by atoms with Gasteiger partial charge in [0.25, 0.3) is 0 Å². The third kappa shape index (κ3) is 13.3. The summed E-state index contributed by atoms with van der Waals surface area (Å²) in [7, 11) is 5.55. The van der Waals surface area contributed by atoms with E-state index in [9.17, 15) is 9.59 Å². The Labute approximate surface area is 123 Å². The molecule has 0 heterocycles. The predicted octanol–water partition coefficient (Wildman–Crippen LogP) is 1.96. The number of esters is 1. The minimum absolute atomic E-state index is 0.0863. The molecule has 1 amide bonds. The van der Waals surface area contributed by atoms with E-state index in [4.69, 9.17) is 0 Å². The number of carbonyl (C=O) groups excluding carboxylic acids is 2. The van der Waals surface area contributed by atoms with E-state index in [1.165, 1.54) is 20.0 Å². The van der Waals surface area contributed by atoms with Crippen LogP contribution in [0.15, 0.2) is 0 Å². The molecule has 0 saturated carbocycles. The third-order valence-corrected chi connectivity index (χ3v) is 3.12. The van der Waals surface area contributed by atoms with Gasteiger partial charge in [0, 0.05) is 19.4 Å². The van der Waals surface area contributed by atoms with Crippen molar-refractivity contribution in [2.75, 3.05) is 34.3 Å². The molecule has 0 bridgehead atoms. The monoisotopic (exact) mass is 286 g/mol. The molecule has 5 nitrogen and oxygen atoms in total. The lowest BCUT2D eigenvalue weighted by atomic mass is 10.1. The van der Waals surface area contributed by atoms with Crippen LogP contribution in [0.2, 0.25) is 0 Å². The molecule has 0 atom stereocenters. The SMILES string of the molecule is COC(=O)CCCCC(=O)NCCCCCCN(C)C. The van der Waals surface area contributed by atoms with Gasteiger partial charge in [0.15, 0.2) is 0 Å². The molecule has 0 aromatic carbocycles. The summed E-state index contributed by atoms with van der Waals surface area (Å²) in [5.74, 6) is -0.119. The summed E-state index contributed by atoms with van der Waals surface area (Å²) in [6.45, 7) is 1.89. The molecule has 0 rings (SSSR count). The maximum absolute atomic E-state index is 11.5. The van der Waals surface area contributed by atoms with Crippen LogP contribution in [0.4, 0.5) is 0 Å². The Balaban J connectivity index is 3.26. The second-order valence-electron chi connectivity index (χ2n) is 5.35. The quantitative estimate of drug-likeness (QED) is 0.440. The van der Waals surface area contributed by atoms with Gasteiger partial charge in [-0.1, -0.05) is 12.8 Å². The highest BCUT2D eigenvalue weighted by atomic mass is 16.5. The van der Waals surface area contributed by atoms with Crippen LogP contribution in [0, 0.1) is 0 Å². The van der Waals surface area contributed by atoms with Crippen molar-refractivity contribution in [2.45, 2.75) is 51.4 Å². The summed E-state index contributed by atoms with van der Waals surface area (Å²) in [5, 5.41) is 2.92. The van der Waals surface area contributed by atoms with Gasteiger partial charge in [-0.3, -0.25) is 9.59 Å². The highest BCUT2D eigenvalue weighted by Gasteiger charge is 2.03. The zero-order chi connectivity index (χ0) is 15.2. The van der Waals surface area contributed by atoms with Crippen molar-refractivity contribution in [3.8, 4) is 0 Å². The zero-order valence-electron chi connectivity index (χ0n) is 13.2. The Hall–Kier alpha value is -1.10. The van der Waals surface area contributed by atoms with Crippen LogP contribution in [0.1, 0.15) is 51.4 Å². The highest BCUT2D eigenvalue weighted by molar-refractivity contribution is 5.75. The molecule has 0 unspecified atom stereocenters. The van der Waals surface area contributed by atoms with E-state index in [-0.39, 0.29) is 11.9 Å². The van der Waals surface area contributed by atoms with Crippen LogP contribution >= 0.6 is 0 Å². The summed E-state index contributed by atoms with van der Waals surface area (Å²) in [6, 6.07) is 0. The molecule has 20 heavy (non-hydrogen) atoms. The largest absolute Gasteiger partial charge is 0.469 e. The van der Waals surface area contributed by atoms with Crippen molar-refractivity contribution < 1.29 is 14.3 Å². The first-order valence-electron chi connectivity index (χ1n) is 7.54. The first-order chi connectivity index (χ1) is 9.56. The fraction of sp³-hybridized carbons (Fsp3) is 0.867. The number of nitrogens with zero attached hydrogens (tertiary/aromatic N) is 1. The fourth-order valence-corrected chi connectivity index (χ4v) is 1.88. The Morgan fingerprint density at radius 1 is 0.950 bits per heavy atom. The minimum atomic E-state index is -0.205. The topological polar surface area (TPSA) is 58.6 Å². The number of unbranched alkanes of at least 4 members (excludes halogenated alkanes) is 4. The van der Waals surface area contributed by atoms with E-state index < -0.39 is 0 Å². The molecule has 1 N–H and O–H groups in total. The van der Waals surface area contributed by atoms with E-state index in [1.54, 1.807) is 0 Å². The Morgan fingerprint density at radius 3 is 2.25 bits per heavy atom. The molecule has 118 valence electrons. The number of rotatable bonds is 12. The van der Waals surface area contributed by atoms with Crippen molar-refractivity contribution in [2.24, 2.45) is 0 Å². The number of amides is 1. The average Bonchev–Trinajstić information content (AvgIpc) is 2.41. The minimum Gasteiger partial charge on any atom is -0.469 e. The third-order valence-electron chi connectivity index (χ3n) is 3.12. The molecule has 0 saturated heterocycles. The number of hydrogen-bond acceptors (Lipinski definition) is 4. The van der Waals surface area contributed by atoms with Crippen molar-refractivity contribution in [3.63, 3.8) is 0 Å². The van der Waals surface area contributed by atoms with E-state index in [0.29, 0.717) is 19.3 Å². The molecule has 0 spiro atoms. The summed E-state index contributed by atoms with van der Waals surface area (Å²) in [6.07, 6.45) is 6.99. The molecule has 0 aliphatic carbocycles. The van der Waals surface area contributed by atoms with Crippen LogP contribution in [-0.2, 0) is 14.3 Å². The molecule has 0 aromatic heterocycles. The fourth-order valence-electron chi connectivity index (χ4n) is 1.88. The van der Waals surface area contributed by atoms with Crippen LogP contribution in [-0.4, -0.2) is 51.1 Å². The molecule has 0 fully saturated rings. The molecular weight excluding hydrogens is 256 g/mol. The summed E-state index contributed by atoms with van der Waals surface area (Å²) in [5.41, 5.74) is 0. The van der Waals surface area contributed by atoms with Gasteiger partial charge < -0.3 is 15.0 Å². The van der Waals surface area contributed by atoms with Crippen molar-refractivity contribution in [3.05, 3.63) is 0 Å². The lowest BCUT2D eigenvalue weighted by Crippen LogP contribution is -2.24. The molecule has 5 heteroatoms. The Morgan fingerprint density at radius 2 is 1.60 bits per heavy atom.